The second-order valence-electron chi connectivity index (χ2n) is 4.56. The van der Waals surface area contributed by atoms with E-state index in [1.54, 1.807) is 0 Å². The van der Waals surface area contributed by atoms with E-state index in [9.17, 15) is 5.11 Å². The number of hydrogen-bond donors (Lipinski definition) is 2. The maximum Gasteiger partial charge on any atom is 0.0916 e. The Hall–Kier alpha value is -0.900. The van der Waals surface area contributed by atoms with E-state index in [4.69, 9.17) is 5.73 Å². The molecule has 0 amide bonds. The van der Waals surface area contributed by atoms with Gasteiger partial charge in [0.1, 0.15) is 0 Å². The Bertz CT molecular complexity index is 307. The highest BCUT2D eigenvalue weighted by Crippen LogP contribution is 2.16. The third kappa shape index (κ3) is 3.04. The molecule has 1 aliphatic heterocycles. The summed E-state index contributed by atoms with van der Waals surface area (Å²) in [4.78, 5) is 2.29. The van der Waals surface area contributed by atoms with E-state index in [0.29, 0.717) is 6.04 Å². The minimum absolute atomic E-state index is 0.352. The molecule has 3 heteroatoms. The first-order valence-electron chi connectivity index (χ1n) is 5.96. The third-order valence-corrected chi connectivity index (χ3v) is 3.25. The van der Waals surface area contributed by atoms with Crippen molar-refractivity contribution in [2.45, 2.75) is 25.0 Å². The average molecular weight is 220 g/mol. The summed E-state index contributed by atoms with van der Waals surface area (Å²) < 4.78 is 0. The van der Waals surface area contributed by atoms with Crippen molar-refractivity contribution in [3.05, 3.63) is 35.9 Å². The minimum atomic E-state index is -0.379. The number of piperidine rings is 1. The van der Waals surface area contributed by atoms with Crippen LogP contribution in [0.5, 0.6) is 0 Å². The number of aliphatic hydroxyl groups excluding tert-OH is 1. The fourth-order valence-electron chi connectivity index (χ4n) is 2.16. The van der Waals surface area contributed by atoms with Crippen molar-refractivity contribution in [3.63, 3.8) is 0 Å². The topological polar surface area (TPSA) is 49.5 Å². The van der Waals surface area contributed by atoms with Crippen LogP contribution < -0.4 is 5.73 Å². The number of β-amino-alcohol motifs (C(OH)–C–C–N with tert-alkyl or cyclic N) is 1. The van der Waals surface area contributed by atoms with E-state index >= 15 is 0 Å². The second-order valence-corrected chi connectivity index (χ2v) is 4.56. The lowest BCUT2D eigenvalue weighted by Crippen LogP contribution is -2.41. The number of likely N-dealkylation sites (tertiary alicyclic amines) is 1. The Labute approximate surface area is 96.9 Å². The average Bonchev–Trinajstić information content (AvgIpc) is 2.33. The molecule has 1 fully saturated rings. The van der Waals surface area contributed by atoms with Crippen molar-refractivity contribution >= 4 is 0 Å². The molecule has 3 nitrogen and oxygen atoms in total. The summed E-state index contributed by atoms with van der Waals surface area (Å²) >= 11 is 0. The van der Waals surface area contributed by atoms with Gasteiger partial charge in [-0.2, -0.15) is 0 Å². The monoisotopic (exact) mass is 220 g/mol. The maximum absolute atomic E-state index is 10.1. The van der Waals surface area contributed by atoms with Gasteiger partial charge in [0.05, 0.1) is 6.10 Å². The van der Waals surface area contributed by atoms with E-state index in [1.165, 1.54) is 0 Å². The van der Waals surface area contributed by atoms with Crippen LogP contribution in [0.3, 0.4) is 0 Å². The van der Waals surface area contributed by atoms with Gasteiger partial charge in [0.2, 0.25) is 0 Å². The number of hydrogen-bond acceptors (Lipinski definition) is 3. The van der Waals surface area contributed by atoms with Gasteiger partial charge in [0.15, 0.2) is 0 Å². The van der Waals surface area contributed by atoms with Gasteiger partial charge in [-0.05, 0) is 31.5 Å². The lowest BCUT2D eigenvalue weighted by molar-refractivity contribution is 0.0977. The molecule has 16 heavy (non-hydrogen) atoms. The molecule has 0 aliphatic carbocycles. The number of nitrogens with two attached hydrogens (primary N) is 1. The van der Waals surface area contributed by atoms with Gasteiger partial charge in [-0.25, -0.2) is 0 Å². The minimum Gasteiger partial charge on any atom is -0.387 e. The number of benzene rings is 1. The Morgan fingerprint density at radius 2 is 1.88 bits per heavy atom. The molecule has 0 aromatic heterocycles. The standard InChI is InChI=1S/C13H20N2O/c14-12-6-8-15(9-7-12)10-13(16)11-4-2-1-3-5-11/h1-5,12-13,16H,6-10,14H2/t13-/m0/s1. The van der Waals surface area contributed by atoms with Crippen LogP contribution in [0.1, 0.15) is 24.5 Å². The Balaban J connectivity index is 1.86. The molecule has 1 heterocycles. The van der Waals surface area contributed by atoms with Crippen molar-refractivity contribution in [2.24, 2.45) is 5.73 Å². The van der Waals surface area contributed by atoms with Crippen molar-refractivity contribution in [3.8, 4) is 0 Å². The van der Waals surface area contributed by atoms with Crippen LogP contribution in [-0.2, 0) is 0 Å². The lowest BCUT2D eigenvalue weighted by atomic mass is 10.0. The summed E-state index contributed by atoms with van der Waals surface area (Å²) in [7, 11) is 0. The quantitative estimate of drug-likeness (QED) is 0.803. The lowest BCUT2D eigenvalue weighted by Gasteiger charge is -2.31. The molecule has 0 radical (unpaired) electrons. The highest BCUT2D eigenvalue weighted by molar-refractivity contribution is 5.17. The largest absolute Gasteiger partial charge is 0.387 e. The van der Waals surface area contributed by atoms with Gasteiger partial charge in [-0.15, -0.1) is 0 Å². The molecule has 0 unspecified atom stereocenters. The van der Waals surface area contributed by atoms with E-state index in [-0.39, 0.29) is 6.10 Å². The Morgan fingerprint density at radius 1 is 1.25 bits per heavy atom. The summed E-state index contributed by atoms with van der Waals surface area (Å²) in [5, 5.41) is 10.1. The summed E-state index contributed by atoms with van der Waals surface area (Å²) in [6.45, 7) is 2.73. The molecule has 1 atom stereocenters. The fraction of sp³-hybridized carbons (Fsp3) is 0.538. The first-order chi connectivity index (χ1) is 7.75. The van der Waals surface area contributed by atoms with Crippen molar-refractivity contribution < 1.29 is 5.11 Å². The summed E-state index contributed by atoms with van der Waals surface area (Å²) in [6.07, 6.45) is 1.71. The zero-order valence-electron chi connectivity index (χ0n) is 9.55. The molecule has 0 spiro atoms. The molecule has 1 saturated heterocycles. The normalized spacial score (nSPS) is 20.9. The highest BCUT2D eigenvalue weighted by Gasteiger charge is 2.18. The van der Waals surface area contributed by atoms with Crippen LogP contribution in [0.15, 0.2) is 30.3 Å². The fourth-order valence-corrected chi connectivity index (χ4v) is 2.16. The molecule has 2 rings (SSSR count). The number of rotatable bonds is 3. The number of aliphatic hydroxyl groups is 1. The van der Waals surface area contributed by atoms with Crippen LogP contribution >= 0.6 is 0 Å². The molecule has 1 aromatic rings. The van der Waals surface area contributed by atoms with Gasteiger partial charge < -0.3 is 15.7 Å². The number of nitrogens with zero attached hydrogens (tertiary/aromatic N) is 1. The van der Waals surface area contributed by atoms with Crippen molar-refractivity contribution in [1.82, 2.24) is 4.90 Å². The van der Waals surface area contributed by atoms with Gasteiger partial charge in [-0.3, -0.25) is 0 Å². The van der Waals surface area contributed by atoms with Crippen LogP contribution in [-0.4, -0.2) is 35.7 Å². The van der Waals surface area contributed by atoms with E-state index in [0.717, 1.165) is 38.0 Å². The zero-order valence-corrected chi connectivity index (χ0v) is 9.55. The molecule has 1 aliphatic rings. The first kappa shape index (κ1) is 11.6. The highest BCUT2D eigenvalue weighted by atomic mass is 16.3. The molecule has 0 saturated carbocycles. The predicted molar refractivity (Wildman–Crippen MR) is 65.1 cm³/mol. The first-order valence-corrected chi connectivity index (χ1v) is 5.96. The van der Waals surface area contributed by atoms with Gasteiger partial charge in [0, 0.05) is 12.6 Å². The second kappa shape index (κ2) is 5.43. The third-order valence-electron chi connectivity index (χ3n) is 3.25. The van der Waals surface area contributed by atoms with Gasteiger partial charge in [0.25, 0.3) is 0 Å². The maximum atomic E-state index is 10.1. The van der Waals surface area contributed by atoms with Crippen LogP contribution in [0.2, 0.25) is 0 Å². The Kier molecular flexibility index (Phi) is 3.93. The smallest absolute Gasteiger partial charge is 0.0916 e. The van der Waals surface area contributed by atoms with E-state index < -0.39 is 0 Å². The molecule has 1 aromatic carbocycles. The van der Waals surface area contributed by atoms with Gasteiger partial charge in [-0.1, -0.05) is 30.3 Å². The van der Waals surface area contributed by atoms with Crippen LogP contribution in [0.25, 0.3) is 0 Å². The molecule has 0 bridgehead atoms. The molecular formula is C13H20N2O. The van der Waals surface area contributed by atoms with Crippen LogP contribution in [0, 0.1) is 0 Å². The van der Waals surface area contributed by atoms with Crippen molar-refractivity contribution in [2.75, 3.05) is 19.6 Å². The molecule has 88 valence electrons. The van der Waals surface area contributed by atoms with Crippen LogP contribution in [0.4, 0.5) is 0 Å². The van der Waals surface area contributed by atoms with E-state index in [1.807, 2.05) is 30.3 Å². The summed E-state index contributed by atoms with van der Waals surface area (Å²) in [5.41, 5.74) is 6.85. The summed E-state index contributed by atoms with van der Waals surface area (Å²) in [6, 6.07) is 10.2. The summed E-state index contributed by atoms with van der Waals surface area (Å²) in [5.74, 6) is 0. The Morgan fingerprint density at radius 3 is 2.50 bits per heavy atom. The molecular weight excluding hydrogens is 200 g/mol. The zero-order chi connectivity index (χ0) is 11.4. The molecule has 3 N–H and O–H groups in total. The predicted octanol–water partition coefficient (Wildman–Crippen LogP) is 1.14. The van der Waals surface area contributed by atoms with Crippen molar-refractivity contribution in [1.29, 1.82) is 0 Å². The SMILES string of the molecule is NC1CCN(C[C@H](O)c2ccccc2)CC1. The van der Waals surface area contributed by atoms with Gasteiger partial charge >= 0.3 is 0 Å². The van der Waals surface area contributed by atoms with E-state index in [2.05, 4.69) is 4.90 Å².